The third kappa shape index (κ3) is 2.80. The number of benzene rings is 1. The van der Waals surface area contributed by atoms with Crippen LogP contribution in [0.5, 0.6) is 0 Å². The van der Waals surface area contributed by atoms with E-state index in [1.165, 1.54) is 6.42 Å². The van der Waals surface area contributed by atoms with Crippen molar-refractivity contribution in [2.45, 2.75) is 54.4 Å². The van der Waals surface area contributed by atoms with Gasteiger partial charge < -0.3 is 9.47 Å². The van der Waals surface area contributed by atoms with Crippen molar-refractivity contribution in [2.75, 3.05) is 6.61 Å². The monoisotopic (exact) mass is 298 g/mol. The van der Waals surface area contributed by atoms with E-state index in [9.17, 15) is 8.60 Å². The Morgan fingerprint density at radius 3 is 2.60 bits per heavy atom. The number of rotatable bonds is 3. The predicted octanol–water partition coefficient (Wildman–Crippen LogP) is 3.17. The first-order valence-electron chi connectivity index (χ1n) is 7.12. The summed E-state index contributed by atoms with van der Waals surface area (Å²) < 4.78 is 38.1. The van der Waals surface area contributed by atoms with Crippen LogP contribution in [0.15, 0.2) is 35.2 Å². The Bertz CT molecular complexity index is 473. The quantitative estimate of drug-likeness (QED) is 0.860. The molecular formula is C15H19FO3S. The lowest BCUT2D eigenvalue weighted by molar-refractivity contribution is -0.189. The standard InChI is InChI=1S/C15H19FO3S/c16-14(20(17)12-7-3-1-4-8-12)13-11-18-15(19-13)9-5-2-6-10-15/h1,3-4,7-8,13-14H,2,5-6,9-11H2/t13-,14-,20?/m0/s1. The van der Waals surface area contributed by atoms with Gasteiger partial charge in [0.15, 0.2) is 5.79 Å². The summed E-state index contributed by atoms with van der Waals surface area (Å²) in [5.74, 6) is -0.617. The fourth-order valence-corrected chi connectivity index (χ4v) is 3.98. The van der Waals surface area contributed by atoms with Crippen molar-refractivity contribution >= 4 is 10.8 Å². The zero-order valence-corrected chi connectivity index (χ0v) is 12.1. The first kappa shape index (κ1) is 14.2. The van der Waals surface area contributed by atoms with Gasteiger partial charge in [0, 0.05) is 17.7 Å². The van der Waals surface area contributed by atoms with Crippen molar-refractivity contribution in [3.05, 3.63) is 30.3 Å². The maximum absolute atomic E-state index is 14.4. The normalized spacial score (nSPS) is 28.4. The second-order valence-corrected chi connectivity index (χ2v) is 6.92. The molecule has 0 bridgehead atoms. The second kappa shape index (κ2) is 5.92. The molecule has 0 radical (unpaired) electrons. The van der Waals surface area contributed by atoms with Gasteiger partial charge in [0.2, 0.25) is 5.50 Å². The molecule has 0 amide bonds. The molecule has 5 heteroatoms. The average molecular weight is 298 g/mol. The zero-order valence-electron chi connectivity index (χ0n) is 11.3. The van der Waals surface area contributed by atoms with Gasteiger partial charge in [-0.3, -0.25) is 4.21 Å². The molecule has 3 atom stereocenters. The van der Waals surface area contributed by atoms with Crippen molar-refractivity contribution in [1.29, 1.82) is 0 Å². The van der Waals surface area contributed by atoms with Crippen LogP contribution in [0, 0.1) is 0 Å². The first-order valence-corrected chi connectivity index (χ1v) is 8.33. The molecule has 1 saturated heterocycles. The van der Waals surface area contributed by atoms with Crippen LogP contribution in [-0.4, -0.2) is 28.2 Å². The molecule has 3 nitrogen and oxygen atoms in total. The van der Waals surface area contributed by atoms with Crippen molar-refractivity contribution in [2.24, 2.45) is 0 Å². The highest BCUT2D eigenvalue weighted by molar-refractivity contribution is 7.85. The van der Waals surface area contributed by atoms with E-state index in [-0.39, 0.29) is 6.61 Å². The van der Waals surface area contributed by atoms with Gasteiger partial charge >= 0.3 is 0 Å². The van der Waals surface area contributed by atoms with E-state index in [0.29, 0.717) is 4.90 Å². The summed E-state index contributed by atoms with van der Waals surface area (Å²) >= 11 is 0. The van der Waals surface area contributed by atoms with Gasteiger partial charge in [-0.15, -0.1) is 0 Å². The van der Waals surface area contributed by atoms with Crippen molar-refractivity contribution < 1.29 is 18.1 Å². The lowest BCUT2D eigenvalue weighted by Gasteiger charge is -2.31. The highest BCUT2D eigenvalue weighted by Crippen LogP contribution is 2.39. The largest absolute Gasteiger partial charge is 0.347 e. The molecule has 2 fully saturated rings. The van der Waals surface area contributed by atoms with Gasteiger partial charge in [0.05, 0.1) is 17.4 Å². The predicted molar refractivity (Wildman–Crippen MR) is 74.4 cm³/mol. The summed E-state index contributed by atoms with van der Waals surface area (Å²) in [6, 6.07) is 8.69. The van der Waals surface area contributed by atoms with E-state index in [0.717, 1.165) is 25.7 Å². The lowest BCUT2D eigenvalue weighted by atomic mass is 9.94. The Labute approximate surface area is 120 Å². The molecule has 3 rings (SSSR count). The maximum atomic E-state index is 14.4. The second-order valence-electron chi connectivity index (χ2n) is 5.40. The maximum Gasteiger partial charge on any atom is 0.207 e. The van der Waals surface area contributed by atoms with Gasteiger partial charge in [-0.05, 0) is 25.0 Å². The Morgan fingerprint density at radius 1 is 1.20 bits per heavy atom. The van der Waals surface area contributed by atoms with E-state index in [2.05, 4.69) is 0 Å². The van der Waals surface area contributed by atoms with E-state index in [1.54, 1.807) is 24.3 Å². The molecule has 20 heavy (non-hydrogen) atoms. The van der Waals surface area contributed by atoms with E-state index >= 15 is 0 Å². The van der Waals surface area contributed by atoms with E-state index < -0.39 is 28.2 Å². The summed E-state index contributed by atoms with van der Waals surface area (Å²) in [6.45, 7) is 0.194. The number of hydrogen-bond donors (Lipinski definition) is 0. The van der Waals surface area contributed by atoms with E-state index in [4.69, 9.17) is 9.47 Å². The third-order valence-corrected chi connectivity index (χ3v) is 5.41. The molecule has 1 aromatic rings. The summed E-state index contributed by atoms with van der Waals surface area (Å²) in [7, 11) is -1.71. The fourth-order valence-electron chi connectivity index (χ4n) is 2.88. The van der Waals surface area contributed by atoms with Gasteiger partial charge in [-0.1, -0.05) is 24.6 Å². The summed E-state index contributed by atoms with van der Waals surface area (Å²) in [4.78, 5) is 0.494. The molecule has 1 unspecified atom stereocenters. The topological polar surface area (TPSA) is 35.5 Å². The lowest BCUT2D eigenvalue weighted by Crippen LogP contribution is -2.36. The fraction of sp³-hybridized carbons (Fsp3) is 0.600. The van der Waals surface area contributed by atoms with Crippen LogP contribution in [0.2, 0.25) is 0 Å². The van der Waals surface area contributed by atoms with Crippen LogP contribution in [0.3, 0.4) is 0 Å². The Balaban J connectivity index is 1.66. The molecule has 2 aliphatic rings. The minimum atomic E-state index is -1.71. The minimum Gasteiger partial charge on any atom is -0.347 e. The SMILES string of the molecule is O=S(c1ccccc1)[C@H](F)[C@@H]1COC2(CCCCC2)O1. The molecule has 1 heterocycles. The summed E-state index contributed by atoms with van der Waals surface area (Å²) in [6.07, 6.45) is 4.17. The third-order valence-electron chi connectivity index (χ3n) is 3.96. The molecule has 1 aromatic carbocycles. The van der Waals surface area contributed by atoms with Crippen molar-refractivity contribution in [3.63, 3.8) is 0 Å². The summed E-state index contributed by atoms with van der Waals surface area (Å²) in [5.41, 5.74) is -1.54. The molecule has 1 spiro atoms. The molecule has 110 valence electrons. The number of hydrogen-bond acceptors (Lipinski definition) is 3. The minimum absolute atomic E-state index is 0.194. The molecule has 1 saturated carbocycles. The Kier molecular flexibility index (Phi) is 4.19. The van der Waals surface area contributed by atoms with Gasteiger partial charge in [-0.2, -0.15) is 0 Å². The molecule has 1 aliphatic heterocycles. The Hall–Kier alpha value is -0.780. The first-order chi connectivity index (χ1) is 9.70. The van der Waals surface area contributed by atoms with Gasteiger partial charge in [0.1, 0.15) is 6.10 Å². The molecular weight excluding hydrogens is 279 g/mol. The average Bonchev–Trinajstić information content (AvgIpc) is 2.91. The van der Waals surface area contributed by atoms with Crippen molar-refractivity contribution in [3.8, 4) is 0 Å². The summed E-state index contributed by atoms with van der Waals surface area (Å²) in [5, 5.41) is 0. The van der Waals surface area contributed by atoms with Gasteiger partial charge in [-0.25, -0.2) is 4.39 Å². The molecule has 0 N–H and O–H groups in total. The highest BCUT2D eigenvalue weighted by Gasteiger charge is 2.46. The smallest absolute Gasteiger partial charge is 0.207 e. The van der Waals surface area contributed by atoms with Crippen LogP contribution in [0.25, 0.3) is 0 Å². The van der Waals surface area contributed by atoms with Crippen LogP contribution in [0.4, 0.5) is 4.39 Å². The molecule has 1 aliphatic carbocycles. The highest BCUT2D eigenvalue weighted by atomic mass is 32.2. The number of halogens is 1. The molecule has 0 aromatic heterocycles. The van der Waals surface area contributed by atoms with Crippen LogP contribution in [0.1, 0.15) is 32.1 Å². The zero-order chi connectivity index (χ0) is 14.0. The number of alkyl halides is 1. The van der Waals surface area contributed by atoms with Gasteiger partial charge in [0.25, 0.3) is 0 Å². The number of ether oxygens (including phenoxy) is 2. The van der Waals surface area contributed by atoms with Crippen LogP contribution < -0.4 is 0 Å². The Morgan fingerprint density at radius 2 is 1.90 bits per heavy atom. The van der Waals surface area contributed by atoms with Crippen LogP contribution >= 0.6 is 0 Å². The van der Waals surface area contributed by atoms with Crippen LogP contribution in [-0.2, 0) is 20.3 Å². The van der Waals surface area contributed by atoms with E-state index in [1.807, 2.05) is 6.07 Å². The van der Waals surface area contributed by atoms with Crippen molar-refractivity contribution in [1.82, 2.24) is 0 Å².